The first-order chi connectivity index (χ1) is 13.5. The van der Waals surface area contributed by atoms with Crippen LogP contribution in [-0.2, 0) is 9.59 Å². The molecule has 6 nitrogen and oxygen atoms in total. The molecule has 1 fully saturated rings. The predicted octanol–water partition coefficient (Wildman–Crippen LogP) is 2.80. The molecular weight excluding hydrogens is 378 g/mol. The van der Waals surface area contributed by atoms with E-state index in [2.05, 4.69) is 4.90 Å². The number of hydrogen-bond donors (Lipinski definition) is 0. The van der Waals surface area contributed by atoms with Gasteiger partial charge in [0.2, 0.25) is 5.91 Å². The number of benzene rings is 2. The van der Waals surface area contributed by atoms with Crippen molar-refractivity contribution in [3.05, 3.63) is 53.6 Å². The summed E-state index contributed by atoms with van der Waals surface area (Å²) in [7, 11) is 1.71. The monoisotopic (exact) mass is 399 g/mol. The number of ether oxygens (including phenoxy) is 1. The fourth-order valence-electron chi connectivity index (χ4n) is 3.68. The molecule has 2 aromatic rings. The smallest absolute Gasteiger partial charge is 0.268 e. The van der Waals surface area contributed by atoms with Gasteiger partial charge in [0.05, 0.1) is 12.1 Å². The molecule has 0 spiro atoms. The molecule has 0 radical (unpaired) electrons. The predicted molar refractivity (Wildman–Crippen MR) is 109 cm³/mol. The number of halogens is 1. The quantitative estimate of drug-likeness (QED) is 0.796. The van der Waals surface area contributed by atoms with Gasteiger partial charge >= 0.3 is 0 Å². The summed E-state index contributed by atoms with van der Waals surface area (Å²) in [6, 6.07) is 15.1. The number of para-hydroxylation sites is 2. The Morgan fingerprint density at radius 2 is 1.86 bits per heavy atom. The second kappa shape index (κ2) is 7.72. The Labute approximate surface area is 169 Å². The molecule has 0 N–H and O–H groups in total. The van der Waals surface area contributed by atoms with Gasteiger partial charge in [-0.1, -0.05) is 29.8 Å². The number of rotatable bonds is 3. The summed E-state index contributed by atoms with van der Waals surface area (Å²) in [5.74, 6) is 0.384. The first-order valence-electron chi connectivity index (χ1n) is 9.34. The van der Waals surface area contributed by atoms with E-state index in [1.165, 1.54) is 0 Å². The molecular formula is C21H22ClN3O3. The molecule has 2 aliphatic rings. The highest BCUT2D eigenvalue weighted by Gasteiger charge is 2.35. The number of hydrogen-bond acceptors (Lipinski definition) is 4. The summed E-state index contributed by atoms with van der Waals surface area (Å²) in [6.07, 6.45) is -0.729. The molecule has 28 heavy (non-hydrogen) atoms. The van der Waals surface area contributed by atoms with E-state index in [9.17, 15) is 9.59 Å². The van der Waals surface area contributed by atoms with Gasteiger partial charge in [-0.2, -0.15) is 0 Å². The summed E-state index contributed by atoms with van der Waals surface area (Å²) in [4.78, 5) is 30.9. The van der Waals surface area contributed by atoms with Crippen LogP contribution < -0.4 is 14.5 Å². The minimum atomic E-state index is -0.779. The Kier molecular flexibility index (Phi) is 5.13. The summed E-state index contributed by atoms with van der Waals surface area (Å²) < 4.78 is 5.82. The van der Waals surface area contributed by atoms with Crippen LogP contribution in [0.4, 0.5) is 11.4 Å². The largest absolute Gasteiger partial charge is 0.478 e. The Morgan fingerprint density at radius 3 is 2.61 bits per heavy atom. The number of amides is 2. The first kappa shape index (κ1) is 18.6. The van der Waals surface area contributed by atoms with Crippen molar-refractivity contribution in [1.29, 1.82) is 0 Å². The van der Waals surface area contributed by atoms with Crippen LogP contribution in [0.2, 0.25) is 5.02 Å². The van der Waals surface area contributed by atoms with Crippen molar-refractivity contribution in [3.63, 3.8) is 0 Å². The van der Waals surface area contributed by atoms with Gasteiger partial charge in [-0.3, -0.25) is 9.59 Å². The van der Waals surface area contributed by atoms with E-state index in [-0.39, 0.29) is 18.2 Å². The zero-order valence-corrected chi connectivity index (χ0v) is 16.4. The second-order valence-corrected chi connectivity index (χ2v) is 7.46. The number of carbonyl (C=O) groups is 2. The van der Waals surface area contributed by atoms with Crippen LogP contribution >= 0.6 is 11.6 Å². The molecule has 1 atom stereocenters. The van der Waals surface area contributed by atoms with Gasteiger partial charge in [-0.05, 0) is 30.3 Å². The molecule has 4 rings (SSSR count). The molecule has 2 aromatic carbocycles. The van der Waals surface area contributed by atoms with E-state index in [1.807, 2.05) is 48.5 Å². The molecule has 7 heteroatoms. The highest BCUT2D eigenvalue weighted by atomic mass is 35.5. The Morgan fingerprint density at radius 1 is 1.11 bits per heavy atom. The fraction of sp³-hybridized carbons (Fsp3) is 0.333. The van der Waals surface area contributed by atoms with Crippen LogP contribution in [0.3, 0.4) is 0 Å². The van der Waals surface area contributed by atoms with Crippen LogP contribution in [-0.4, -0.2) is 56.0 Å². The fourth-order valence-corrected chi connectivity index (χ4v) is 3.86. The van der Waals surface area contributed by atoms with Gasteiger partial charge in [0.1, 0.15) is 5.75 Å². The van der Waals surface area contributed by atoms with Crippen LogP contribution in [0, 0.1) is 0 Å². The number of likely N-dealkylation sites (N-methyl/N-ethyl adjacent to an activating group) is 1. The Balaban J connectivity index is 1.37. The van der Waals surface area contributed by atoms with Gasteiger partial charge in [0, 0.05) is 43.9 Å². The molecule has 146 valence electrons. The lowest BCUT2D eigenvalue weighted by Crippen LogP contribution is -2.51. The van der Waals surface area contributed by atoms with Crippen LogP contribution in [0.1, 0.15) is 6.42 Å². The molecule has 0 aromatic heterocycles. The minimum Gasteiger partial charge on any atom is -0.478 e. The van der Waals surface area contributed by atoms with Crippen molar-refractivity contribution in [2.75, 3.05) is 43.0 Å². The summed E-state index contributed by atoms with van der Waals surface area (Å²) in [5.41, 5.74) is 1.79. The lowest BCUT2D eigenvalue weighted by atomic mass is 10.1. The van der Waals surface area contributed by atoms with E-state index < -0.39 is 6.10 Å². The molecule has 0 bridgehead atoms. The number of fused-ring (bicyclic) bond motifs is 1. The van der Waals surface area contributed by atoms with E-state index in [0.717, 1.165) is 24.5 Å². The molecule has 2 heterocycles. The van der Waals surface area contributed by atoms with Crippen molar-refractivity contribution in [3.8, 4) is 5.75 Å². The van der Waals surface area contributed by atoms with Gasteiger partial charge in [0.15, 0.2) is 6.10 Å². The van der Waals surface area contributed by atoms with Crippen molar-refractivity contribution in [1.82, 2.24) is 4.90 Å². The Bertz CT molecular complexity index is 896. The van der Waals surface area contributed by atoms with E-state index in [1.54, 1.807) is 16.8 Å². The van der Waals surface area contributed by atoms with E-state index >= 15 is 0 Å². The van der Waals surface area contributed by atoms with Crippen molar-refractivity contribution in [2.24, 2.45) is 0 Å². The highest BCUT2D eigenvalue weighted by molar-refractivity contribution is 6.30. The topological polar surface area (TPSA) is 53.1 Å². The average molecular weight is 400 g/mol. The lowest BCUT2D eigenvalue weighted by Gasteiger charge is -2.37. The molecule has 0 saturated carbocycles. The van der Waals surface area contributed by atoms with Crippen LogP contribution in [0.15, 0.2) is 48.5 Å². The molecule has 2 amide bonds. The van der Waals surface area contributed by atoms with Crippen molar-refractivity contribution < 1.29 is 14.3 Å². The van der Waals surface area contributed by atoms with Crippen LogP contribution in [0.25, 0.3) is 0 Å². The molecule has 1 saturated heterocycles. The summed E-state index contributed by atoms with van der Waals surface area (Å²) >= 11 is 6.07. The van der Waals surface area contributed by atoms with Crippen molar-refractivity contribution in [2.45, 2.75) is 12.5 Å². The van der Waals surface area contributed by atoms with E-state index in [0.29, 0.717) is 23.9 Å². The molecule has 2 aliphatic heterocycles. The number of carbonyl (C=O) groups excluding carboxylic acids is 2. The normalized spacial score (nSPS) is 19.3. The standard InChI is InChI=1S/C21H22ClN3O3/c1-23-17-7-2-3-8-18(17)28-19(21(23)27)14-20(26)25-11-9-24(10-12-25)16-6-4-5-15(22)13-16/h2-8,13,19H,9-12,14H2,1H3. The third-order valence-corrected chi connectivity index (χ3v) is 5.50. The maximum absolute atomic E-state index is 12.8. The number of piperazine rings is 1. The highest BCUT2D eigenvalue weighted by Crippen LogP contribution is 2.33. The first-order valence-corrected chi connectivity index (χ1v) is 9.72. The van der Waals surface area contributed by atoms with Gasteiger partial charge < -0.3 is 19.4 Å². The van der Waals surface area contributed by atoms with Gasteiger partial charge in [0.25, 0.3) is 5.91 Å². The van der Waals surface area contributed by atoms with Crippen molar-refractivity contribution >= 4 is 34.8 Å². The lowest BCUT2D eigenvalue weighted by molar-refractivity contribution is -0.138. The molecule has 0 aliphatic carbocycles. The SMILES string of the molecule is CN1C(=O)C(CC(=O)N2CCN(c3cccc(Cl)c3)CC2)Oc2ccccc21. The summed E-state index contributed by atoms with van der Waals surface area (Å²) in [6.45, 7) is 2.68. The summed E-state index contributed by atoms with van der Waals surface area (Å²) in [5, 5.41) is 0.702. The Hall–Kier alpha value is -2.73. The minimum absolute atomic E-state index is 0.0503. The third-order valence-electron chi connectivity index (χ3n) is 5.27. The maximum atomic E-state index is 12.8. The zero-order valence-electron chi connectivity index (χ0n) is 15.7. The second-order valence-electron chi connectivity index (χ2n) is 7.02. The maximum Gasteiger partial charge on any atom is 0.268 e. The zero-order chi connectivity index (χ0) is 19.7. The number of nitrogens with zero attached hydrogens (tertiary/aromatic N) is 3. The average Bonchev–Trinajstić information content (AvgIpc) is 2.72. The van der Waals surface area contributed by atoms with Gasteiger partial charge in [-0.25, -0.2) is 0 Å². The van der Waals surface area contributed by atoms with Gasteiger partial charge in [-0.15, -0.1) is 0 Å². The number of anilines is 2. The third kappa shape index (κ3) is 3.64. The molecule has 1 unspecified atom stereocenters. The van der Waals surface area contributed by atoms with E-state index in [4.69, 9.17) is 16.3 Å². The van der Waals surface area contributed by atoms with Crippen LogP contribution in [0.5, 0.6) is 5.75 Å².